The van der Waals surface area contributed by atoms with Gasteiger partial charge in [-0.3, -0.25) is 0 Å². The maximum atomic E-state index is 12.3. The highest BCUT2D eigenvalue weighted by atomic mass is 19.4. The Morgan fingerprint density at radius 1 is 1.06 bits per heavy atom. The van der Waals surface area contributed by atoms with E-state index in [1.165, 1.54) is 6.08 Å². The van der Waals surface area contributed by atoms with Crippen molar-refractivity contribution in [3.63, 3.8) is 0 Å². The largest absolute Gasteiger partial charge is 0.402 e. The van der Waals surface area contributed by atoms with Gasteiger partial charge in [-0.2, -0.15) is 26.3 Å². The van der Waals surface area contributed by atoms with Crippen LogP contribution in [0.5, 0.6) is 0 Å². The van der Waals surface area contributed by atoms with E-state index in [1.54, 1.807) is 0 Å². The van der Waals surface area contributed by atoms with Crippen LogP contribution in [0.2, 0.25) is 0 Å². The van der Waals surface area contributed by atoms with Crippen LogP contribution in [0.4, 0.5) is 26.3 Å². The van der Waals surface area contributed by atoms with Gasteiger partial charge in [-0.1, -0.05) is 11.6 Å². The third-order valence-electron chi connectivity index (χ3n) is 2.57. The number of allylic oxidation sites excluding steroid dienone is 1. The Bertz CT molecular complexity index is 263. The van der Waals surface area contributed by atoms with Gasteiger partial charge in [0.25, 0.3) is 0 Å². The number of rotatable bonds is 2. The zero-order chi connectivity index (χ0) is 12.6. The molecule has 0 saturated carbocycles. The summed E-state index contributed by atoms with van der Waals surface area (Å²) in [5, 5.41) is 0. The molecule has 1 rings (SSSR count). The summed E-state index contributed by atoms with van der Waals surface area (Å²) >= 11 is 0. The molecule has 0 aliphatic heterocycles. The van der Waals surface area contributed by atoms with Crippen LogP contribution in [0.25, 0.3) is 0 Å². The van der Waals surface area contributed by atoms with Gasteiger partial charge in [0.2, 0.25) is 0 Å². The van der Waals surface area contributed by atoms with Crippen molar-refractivity contribution in [1.82, 2.24) is 0 Å². The maximum absolute atomic E-state index is 12.3. The fourth-order valence-corrected chi connectivity index (χ4v) is 1.81. The number of halogens is 6. The summed E-state index contributed by atoms with van der Waals surface area (Å²) in [5.41, 5.74) is 5.14. The number of alkyl halides is 6. The molecule has 1 unspecified atom stereocenters. The van der Waals surface area contributed by atoms with Crippen molar-refractivity contribution >= 4 is 0 Å². The second kappa shape index (κ2) is 4.27. The molecule has 1 atom stereocenters. The normalized spacial score (nSPS) is 20.1. The molecule has 0 spiro atoms. The van der Waals surface area contributed by atoms with Crippen molar-refractivity contribution in [2.75, 3.05) is 0 Å². The second-order valence-corrected chi connectivity index (χ2v) is 3.76. The van der Waals surface area contributed by atoms with E-state index in [0.717, 1.165) is 0 Å². The first-order valence-electron chi connectivity index (χ1n) is 4.72. The van der Waals surface area contributed by atoms with Crippen LogP contribution >= 0.6 is 0 Å². The van der Waals surface area contributed by atoms with Crippen LogP contribution in [-0.4, -0.2) is 18.4 Å². The van der Waals surface area contributed by atoms with Crippen molar-refractivity contribution in [3.8, 4) is 0 Å². The molecular weight excluding hydrogens is 236 g/mol. The maximum Gasteiger partial charge on any atom is 0.402 e. The first-order chi connectivity index (χ1) is 7.14. The van der Waals surface area contributed by atoms with E-state index in [9.17, 15) is 26.3 Å². The summed E-state index contributed by atoms with van der Waals surface area (Å²) < 4.78 is 73.8. The summed E-state index contributed by atoms with van der Waals surface area (Å²) in [5.74, 6) is -3.47. The zero-order valence-corrected chi connectivity index (χ0v) is 8.20. The molecule has 0 bridgehead atoms. The molecular formula is C9H11F6N. The minimum atomic E-state index is -5.36. The average Bonchev–Trinajstić information content (AvgIpc) is 2.48. The second-order valence-electron chi connectivity index (χ2n) is 3.76. The van der Waals surface area contributed by atoms with Crippen molar-refractivity contribution in [1.29, 1.82) is 0 Å². The van der Waals surface area contributed by atoms with Gasteiger partial charge in [-0.05, 0) is 19.3 Å². The van der Waals surface area contributed by atoms with Gasteiger partial charge in [0.15, 0.2) is 5.92 Å². The molecule has 0 heterocycles. The Morgan fingerprint density at radius 3 is 1.88 bits per heavy atom. The van der Waals surface area contributed by atoms with Crippen molar-refractivity contribution in [3.05, 3.63) is 11.6 Å². The van der Waals surface area contributed by atoms with Crippen LogP contribution in [0.1, 0.15) is 19.3 Å². The highest BCUT2D eigenvalue weighted by molar-refractivity contribution is 5.17. The summed E-state index contributed by atoms with van der Waals surface area (Å²) in [4.78, 5) is 0. The van der Waals surface area contributed by atoms with Gasteiger partial charge in [0.05, 0.1) is 0 Å². The minimum Gasteiger partial charge on any atom is -0.323 e. The quantitative estimate of drug-likeness (QED) is 0.588. The average molecular weight is 247 g/mol. The van der Waals surface area contributed by atoms with Crippen LogP contribution < -0.4 is 5.73 Å². The van der Waals surface area contributed by atoms with Crippen molar-refractivity contribution in [2.45, 2.75) is 37.7 Å². The first-order valence-corrected chi connectivity index (χ1v) is 4.72. The van der Waals surface area contributed by atoms with E-state index in [2.05, 4.69) is 0 Å². The summed E-state index contributed by atoms with van der Waals surface area (Å²) in [6.45, 7) is 0. The molecule has 0 radical (unpaired) electrons. The van der Waals surface area contributed by atoms with Crippen LogP contribution in [0.3, 0.4) is 0 Å². The smallest absolute Gasteiger partial charge is 0.323 e. The van der Waals surface area contributed by atoms with Gasteiger partial charge in [0.1, 0.15) is 0 Å². The topological polar surface area (TPSA) is 26.0 Å². The number of hydrogen-bond acceptors (Lipinski definition) is 1. The van der Waals surface area contributed by atoms with E-state index in [4.69, 9.17) is 5.73 Å². The Hall–Kier alpha value is -0.720. The predicted octanol–water partition coefficient (Wildman–Crippen LogP) is 3.16. The zero-order valence-electron chi connectivity index (χ0n) is 8.20. The van der Waals surface area contributed by atoms with E-state index < -0.39 is 24.3 Å². The standard InChI is InChI=1S/C9H11F6N/c10-8(11,12)7(9(13,14)15)6(16)5-3-1-2-4-5/h3,6-7H,1-2,4,16H2. The molecule has 16 heavy (non-hydrogen) atoms. The molecule has 0 aromatic heterocycles. The molecule has 0 amide bonds. The molecule has 7 heteroatoms. The molecule has 0 saturated heterocycles. The minimum absolute atomic E-state index is 0.0552. The Balaban J connectivity index is 2.93. The highest BCUT2D eigenvalue weighted by Gasteiger charge is 2.59. The summed E-state index contributed by atoms with van der Waals surface area (Å²) in [6, 6.07) is -2.01. The highest BCUT2D eigenvalue weighted by Crippen LogP contribution is 2.43. The predicted molar refractivity (Wildman–Crippen MR) is 45.5 cm³/mol. The third kappa shape index (κ3) is 2.90. The third-order valence-corrected chi connectivity index (χ3v) is 2.57. The lowest BCUT2D eigenvalue weighted by Crippen LogP contribution is -2.49. The summed E-state index contributed by atoms with van der Waals surface area (Å²) in [7, 11) is 0. The van der Waals surface area contributed by atoms with Crippen LogP contribution in [-0.2, 0) is 0 Å². The van der Waals surface area contributed by atoms with Gasteiger partial charge >= 0.3 is 12.4 Å². The van der Waals surface area contributed by atoms with Gasteiger partial charge < -0.3 is 5.73 Å². The Kier molecular flexibility index (Phi) is 3.56. The fourth-order valence-electron chi connectivity index (χ4n) is 1.81. The van der Waals surface area contributed by atoms with E-state index in [1.807, 2.05) is 0 Å². The first kappa shape index (κ1) is 13.3. The van der Waals surface area contributed by atoms with Gasteiger partial charge in [0, 0.05) is 6.04 Å². The van der Waals surface area contributed by atoms with Crippen LogP contribution in [0, 0.1) is 5.92 Å². The van der Waals surface area contributed by atoms with E-state index in [-0.39, 0.29) is 12.0 Å². The fraction of sp³-hybridized carbons (Fsp3) is 0.778. The molecule has 0 aromatic carbocycles. The van der Waals surface area contributed by atoms with Gasteiger partial charge in [-0.15, -0.1) is 0 Å². The Morgan fingerprint density at radius 2 is 1.56 bits per heavy atom. The van der Waals surface area contributed by atoms with Gasteiger partial charge in [-0.25, -0.2) is 0 Å². The van der Waals surface area contributed by atoms with E-state index in [0.29, 0.717) is 12.8 Å². The van der Waals surface area contributed by atoms with Crippen molar-refractivity contribution in [2.24, 2.45) is 11.7 Å². The number of hydrogen-bond donors (Lipinski definition) is 1. The lowest BCUT2D eigenvalue weighted by molar-refractivity contribution is -0.286. The van der Waals surface area contributed by atoms with Crippen molar-refractivity contribution < 1.29 is 26.3 Å². The summed E-state index contributed by atoms with van der Waals surface area (Å²) in [6.07, 6.45) is -8.09. The monoisotopic (exact) mass is 247 g/mol. The Labute approximate surface area is 88.3 Å². The molecule has 1 aliphatic carbocycles. The molecule has 0 fully saturated rings. The van der Waals surface area contributed by atoms with E-state index >= 15 is 0 Å². The lowest BCUT2D eigenvalue weighted by Gasteiger charge is -2.29. The molecule has 0 aromatic rings. The lowest BCUT2D eigenvalue weighted by atomic mass is 9.92. The SMILES string of the molecule is NC(C1=CCCC1)C(C(F)(F)F)C(F)(F)F. The number of nitrogens with two attached hydrogens (primary N) is 1. The molecule has 1 nitrogen and oxygen atoms in total. The molecule has 2 N–H and O–H groups in total. The molecule has 1 aliphatic rings. The van der Waals surface area contributed by atoms with Crippen LogP contribution in [0.15, 0.2) is 11.6 Å². The molecule has 94 valence electrons.